The maximum Gasteiger partial charge on any atom is 0.356 e. The van der Waals surface area contributed by atoms with Crippen molar-refractivity contribution in [2.45, 2.75) is 25.7 Å². The number of carbonyl (C=O) groups excluding carboxylic acids is 4. The highest BCUT2D eigenvalue weighted by atomic mass is 35.5. The Morgan fingerprint density at radius 2 is 1.73 bits per heavy atom. The molecule has 194 valence electrons. The monoisotopic (exact) mass is 527 g/mol. The summed E-state index contributed by atoms with van der Waals surface area (Å²) in [6, 6.07) is 5.95. The van der Waals surface area contributed by atoms with Gasteiger partial charge in [0.2, 0.25) is 17.6 Å². The number of hydrogen-bond acceptors (Lipinski definition) is 8. The summed E-state index contributed by atoms with van der Waals surface area (Å²) in [6.45, 7) is 0. The van der Waals surface area contributed by atoms with Gasteiger partial charge >= 0.3 is 5.97 Å². The third-order valence-electron chi connectivity index (χ3n) is 6.24. The summed E-state index contributed by atoms with van der Waals surface area (Å²) in [5.41, 5.74) is 0.337. The molecule has 11 nitrogen and oxygen atoms in total. The summed E-state index contributed by atoms with van der Waals surface area (Å²) in [6.07, 6.45) is 3.58. The first-order valence-corrected chi connectivity index (χ1v) is 12.0. The molecule has 1 aliphatic rings. The van der Waals surface area contributed by atoms with Gasteiger partial charge in [-0.05, 0) is 49.9 Å². The largest absolute Gasteiger partial charge is 0.464 e. The molecular weight excluding hydrogens is 502 g/mol. The van der Waals surface area contributed by atoms with Crippen LogP contribution in [-0.4, -0.2) is 59.8 Å². The standard InChI is InChI=1S/C25H26ClN5O6/c1-31(2)24(34)14-6-4-13(5-7-14)22(32)30-20-19-17(10-9-16(28-19)25(35)36-3)37-21(20)23(33)29-18-11-8-15(26)12-27-18/h8-14H,4-7H2,1-3H3,(H,30,32)(H,27,29,33)/t13-,14-. The summed E-state index contributed by atoms with van der Waals surface area (Å²) in [5.74, 6) is -2.11. The first-order valence-electron chi connectivity index (χ1n) is 11.6. The Morgan fingerprint density at radius 1 is 1.03 bits per heavy atom. The minimum absolute atomic E-state index is 0.0136. The first-order chi connectivity index (χ1) is 17.7. The Bertz CT molecular complexity index is 1350. The number of amides is 3. The van der Waals surface area contributed by atoms with E-state index < -0.39 is 11.9 Å². The summed E-state index contributed by atoms with van der Waals surface area (Å²) in [4.78, 5) is 60.6. The van der Waals surface area contributed by atoms with Crippen molar-refractivity contribution in [2.75, 3.05) is 31.8 Å². The fraction of sp³-hybridized carbons (Fsp3) is 0.360. The van der Waals surface area contributed by atoms with Gasteiger partial charge in [-0.15, -0.1) is 0 Å². The Morgan fingerprint density at radius 3 is 2.35 bits per heavy atom. The number of furan rings is 1. The van der Waals surface area contributed by atoms with Gasteiger partial charge in [0.15, 0.2) is 5.58 Å². The van der Waals surface area contributed by atoms with Gasteiger partial charge in [-0.25, -0.2) is 14.8 Å². The van der Waals surface area contributed by atoms with Crippen LogP contribution < -0.4 is 10.6 Å². The Labute approximate surface area is 217 Å². The number of carbonyl (C=O) groups is 4. The predicted octanol–water partition coefficient (Wildman–Crippen LogP) is 3.75. The molecule has 0 atom stereocenters. The molecule has 1 fully saturated rings. The van der Waals surface area contributed by atoms with Crippen molar-refractivity contribution in [1.29, 1.82) is 0 Å². The fourth-order valence-corrected chi connectivity index (χ4v) is 4.40. The molecule has 0 bridgehead atoms. The number of rotatable bonds is 6. The second kappa shape index (κ2) is 11.0. The average Bonchev–Trinajstić information content (AvgIpc) is 3.26. The van der Waals surface area contributed by atoms with E-state index in [1.54, 1.807) is 25.1 Å². The van der Waals surface area contributed by atoms with Crippen molar-refractivity contribution in [2.24, 2.45) is 11.8 Å². The van der Waals surface area contributed by atoms with Crippen molar-refractivity contribution in [3.8, 4) is 0 Å². The topological polar surface area (TPSA) is 144 Å². The molecule has 1 aliphatic carbocycles. The maximum absolute atomic E-state index is 13.2. The molecule has 1 saturated carbocycles. The van der Waals surface area contributed by atoms with E-state index in [4.69, 9.17) is 20.8 Å². The van der Waals surface area contributed by atoms with E-state index >= 15 is 0 Å². The number of nitrogens with zero attached hydrogens (tertiary/aromatic N) is 3. The van der Waals surface area contributed by atoms with E-state index in [0.29, 0.717) is 30.7 Å². The minimum Gasteiger partial charge on any atom is -0.464 e. The van der Waals surface area contributed by atoms with Crippen LogP contribution in [0.2, 0.25) is 5.02 Å². The van der Waals surface area contributed by atoms with E-state index in [1.165, 1.54) is 31.5 Å². The normalized spacial score (nSPS) is 17.2. The lowest BCUT2D eigenvalue weighted by molar-refractivity contribution is -0.135. The van der Waals surface area contributed by atoms with Gasteiger partial charge in [-0.2, -0.15) is 0 Å². The van der Waals surface area contributed by atoms with Crippen LogP contribution >= 0.6 is 11.6 Å². The van der Waals surface area contributed by atoms with Crippen molar-refractivity contribution >= 4 is 57.9 Å². The lowest BCUT2D eigenvalue weighted by atomic mass is 9.81. The molecule has 3 amide bonds. The van der Waals surface area contributed by atoms with Gasteiger partial charge in [-0.1, -0.05) is 11.6 Å². The molecule has 2 N–H and O–H groups in total. The number of aromatic nitrogens is 2. The van der Waals surface area contributed by atoms with Gasteiger partial charge < -0.3 is 24.7 Å². The lowest BCUT2D eigenvalue weighted by Crippen LogP contribution is -2.35. The van der Waals surface area contributed by atoms with E-state index in [2.05, 4.69) is 20.6 Å². The van der Waals surface area contributed by atoms with Gasteiger partial charge in [0, 0.05) is 32.1 Å². The zero-order valence-electron chi connectivity index (χ0n) is 20.5. The zero-order chi connectivity index (χ0) is 26.7. The second-order valence-electron chi connectivity index (χ2n) is 8.93. The number of hydrogen-bond donors (Lipinski definition) is 2. The first kappa shape index (κ1) is 26.1. The van der Waals surface area contributed by atoms with Crippen molar-refractivity contribution in [1.82, 2.24) is 14.9 Å². The number of anilines is 2. The Hall–Kier alpha value is -3.99. The lowest BCUT2D eigenvalue weighted by Gasteiger charge is -2.28. The average molecular weight is 528 g/mol. The molecule has 0 aromatic carbocycles. The third kappa shape index (κ3) is 5.72. The molecule has 0 saturated heterocycles. The number of pyridine rings is 2. The third-order valence-corrected chi connectivity index (χ3v) is 6.46. The molecule has 0 spiro atoms. The number of methoxy groups -OCH3 is 1. The SMILES string of the molecule is COC(=O)c1ccc2oc(C(=O)Nc3ccc(Cl)cn3)c(NC(=O)[C@H]3CC[C@H](C(=O)N(C)C)CC3)c2n1. The van der Waals surface area contributed by atoms with Crippen LogP contribution in [0.15, 0.2) is 34.9 Å². The number of fused-ring (bicyclic) bond motifs is 1. The summed E-state index contributed by atoms with van der Waals surface area (Å²) in [7, 11) is 4.65. The molecular formula is C25H26ClN5O6. The van der Waals surface area contributed by atoms with Crippen molar-refractivity contribution < 1.29 is 28.3 Å². The van der Waals surface area contributed by atoms with Gasteiger partial charge in [0.1, 0.15) is 22.7 Å². The highest BCUT2D eigenvalue weighted by Crippen LogP contribution is 2.34. The molecule has 37 heavy (non-hydrogen) atoms. The quantitative estimate of drug-likeness (QED) is 0.461. The number of nitrogens with one attached hydrogen (secondary N) is 2. The zero-order valence-corrected chi connectivity index (χ0v) is 21.3. The summed E-state index contributed by atoms with van der Waals surface area (Å²) in [5, 5.41) is 5.79. The molecule has 0 aliphatic heterocycles. The molecule has 3 aromatic heterocycles. The van der Waals surface area contributed by atoms with Gasteiger partial charge in [0.05, 0.1) is 12.1 Å². The van der Waals surface area contributed by atoms with E-state index in [-0.39, 0.29) is 57.7 Å². The predicted molar refractivity (Wildman–Crippen MR) is 135 cm³/mol. The summed E-state index contributed by atoms with van der Waals surface area (Å²) < 4.78 is 10.5. The molecule has 4 rings (SSSR count). The summed E-state index contributed by atoms with van der Waals surface area (Å²) >= 11 is 5.86. The Kier molecular flexibility index (Phi) is 7.72. The van der Waals surface area contributed by atoms with E-state index in [1.807, 2.05) is 0 Å². The smallest absolute Gasteiger partial charge is 0.356 e. The molecule has 3 aromatic rings. The van der Waals surface area contributed by atoms with E-state index in [9.17, 15) is 19.2 Å². The van der Waals surface area contributed by atoms with Crippen LogP contribution in [0.5, 0.6) is 0 Å². The Balaban J connectivity index is 1.62. The van der Waals surface area contributed by atoms with Crippen molar-refractivity contribution in [3.63, 3.8) is 0 Å². The number of esters is 1. The number of ether oxygens (including phenoxy) is 1. The van der Waals surface area contributed by atoms with Gasteiger partial charge in [-0.3, -0.25) is 14.4 Å². The van der Waals surface area contributed by atoms with Crippen LogP contribution in [0.3, 0.4) is 0 Å². The second-order valence-corrected chi connectivity index (χ2v) is 9.36. The highest BCUT2D eigenvalue weighted by Gasteiger charge is 2.32. The van der Waals surface area contributed by atoms with Crippen LogP contribution in [0.25, 0.3) is 11.1 Å². The maximum atomic E-state index is 13.2. The minimum atomic E-state index is -0.680. The highest BCUT2D eigenvalue weighted by molar-refractivity contribution is 6.30. The van der Waals surface area contributed by atoms with Crippen molar-refractivity contribution in [3.05, 3.63) is 46.9 Å². The molecule has 0 radical (unpaired) electrons. The van der Waals surface area contributed by atoms with Crippen LogP contribution in [0, 0.1) is 11.8 Å². The van der Waals surface area contributed by atoms with E-state index in [0.717, 1.165) is 0 Å². The number of halogens is 1. The molecule has 3 heterocycles. The van der Waals surface area contributed by atoms with Crippen LogP contribution in [-0.2, 0) is 14.3 Å². The van der Waals surface area contributed by atoms with Crippen LogP contribution in [0.1, 0.15) is 46.7 Å². The van der Waals surface area contributed by atoms with Crippen LogP contribution in [0.4, 0.5) is 11.5 Å². The fourth-order valence-electron chi connectivity index (χ4n) is 4.29. The molecule has 12 heteroatoms. The van der Waals surface area contributed by atoms with Gasteiger partial charge in [0.25, 0.3) is 5.91 Å². The molecule has 0 unspecified atom stereocenters.